The van der Waals surface area contributed by atoms with Crippen LogP contribution in [0.25, 0.3) is 0 Å². The summed E-state index contributed by atoms with van der Waals surface area (Å²) < 4.78 is 9.04. The summed E-state index contributed by atoms with van der Waals surface area (Å²) in [6.07, 6.45) is 1.64. The van der Waals surface area contributed by atoms with E-state index in [9.17, 15) is 4.79 Å². The van der Waals surface area contributed by atoms with Crippen LogP contribution in [0.15, 0.2) is 30.5 Å². The molecule has 0 atom stereocenters. The maximum atomic E-state index is 13.2. The number of amides is 1. The molecule has 0 unspecified atom stereocenters. The Morgan fingerprint density at radius 1 is 1.09 bits per heavy atom. The quantitative estimate of drug-likeness (QED) is 0.522. The van der Waals surface area contributed by atoms with Crippen LogP contribution in [0, 0.1) is 20.8 Å². The molecule has 1 fully saturated rings. The monoisotopic (exact) mass is 481 g/mol. The fourth-order valence-electron chi connectivity index (χ4n) is 4.02. The lowest BCUT2D eigenvalue weighted by atomic mass is 10.1. The Balaban J connectivity index is 1.49. The van der Waals surface area contributed by atoms with E-state index in [0.717, 1.165) is 17.1 Å². The standard InChI is InChI=1S/C24H31N7O2S/c1-5-30-22(23(32)29-10-12-33-13-11-29)20(14-25-30)26-24(34)27-21-17(3)28-31(18(21)4)15-19-8-6-16(2)7-9-19/h6-9,14H,5,10-13,15H2,1-4H3,(H2,26,27,34). The Hall–Kier alpha value is -3.24. The molecule has 1 aromatic carbocycles. The van der Waals surface area contributed by atoms with Gasteiger partial charge in [0.1, 0.15) is 5.69 Å². The van der Waals surface area contributed by atoms with E-state index in [4.69, 9.17) is 17.0 Å². The van der Waals surface area contributed by atoms with Crippen molar-refractivity contribution >= 4 is 34.6 Å². The average Bonchev–Trinajstić information content (AvgIpc) is 3.36. The summed E-state index contributed by atoms with van der Waals surface area (Å²) in [5.74, 6) is -0.0776. The highest BCUT2D eigenvalue weighted by atomic mass is 32.1. The fraction of sp³-hybridized carbons (Fsp3) is 0.417. The fourth-order valence-corrected chi connectivity index (χ4v) is 4.24. The molecule has 2 aromatic heterocycles. The summed E-state index contributed by atoms with van der Waals surface area (Å²) in [6.45, 7) is 11.5. The highest BCUT2D eigenvalue weighted by Gasteiger charge is 2.26. The Kier molecular flexibility index (Phi) is 7.28. The molecule has 3 aromatic rings. The number of ether oxygens (including phenoxy) is 1. The number of nitrogens with zero attached hydrogens (tertiary/aromatic N) is 5. The number of aromatic nitrogens is 4. The first-order valence-electron chi connectivity index (χ1n) is 11.5. The second-order valence-electron chi connectivity index (χ2n) is 8.40. The van der Waals surface area contributed by atoms with Crippen LogP contribution in [-0.2, 0) is 17.8 Å². The average molecular weight is 482 g/mol. The van der Waals surface area contributed by atoms with Crippen LogP contribution in [0.1, 0.15) is 39.9 Å². The molecule has 3 heterocycles. The molecular weight excluding hydrogens is 450 g/mol. The zero-order valence-corrected chi connectivity index (χ0v) is 20.9. The first-order valence-corrected chi connectivity index (χ1v) is 11.9. The second kappa shape index (κ2) is 10.4. The third-order valence-corrected chi connectivity index (χ3v) is 6.17. The van der Waals surface area contributed by atoms with Gasteiger partial charge in [-0.15, -0.1) is 0 Å². The molecule has 0 bridgehead atoms. The summed E-state index contributed by atoms with van der Waals surface area (Å²) in [6, 6.07) is 8.43. The molecule has 180 valence electrons. The van der Waals surface area contributed by atoms with Crippen molar-refractivity contribution < 1.29 is 9.53 Å². The molecule has 1 saturated heterocycles. The molecule has 9 nitrogen and oxygen atoms in total. The van der Waals surface area contributed by atoms with Crippen molar-refractivity contribution in [1.82, 2.24) is 24.5 Å². The summed E-state index contributed by atoms with van der Waals surface area (Å²) >= 11 is 5.60. The highest BCUT2D eigenvalue weighted by molar-refractivity contribution is 7.80. The van der Waals surface area contributed by atoms with Gasteiger partial charge in [-0.1, -0.05) is 29.8 Å². The second-order valence-corrected chi connectivity index (χ2v) is 8.80. The number of aryl methyl sites for hydroxylation is 3. The van der Waals surface area contributed by atoms with Gasteiger partial charge < -0.3 is 20.3 Å². The summed E-state index contributed by atoms with van der Waals surface area (Å²) in [5, 5.41) is 15.9. The van der Waals surface area contributed by atoms with E-state index in [0.29, 0.717) is 55.9 Å². The number of nitrogens with one attached hydrogen (secondary N) is 2. The van der Waals surface area contributed by atoms with Crippen molar-refractivity contribution in [3.63, 3.8) is 0 Å². The van der Waals surface area contributed by atoms with Gasteiger partial charge in [-0.3, -0.25) is 14.2 Å². The molecule has 2 N–H and O–H groups in total. The van der Waals surface area contributed by atoms with Crippen LogP contribution >= 0.6 is 12.2 Å². The molecule has 0 radical (unpaired) electrons. The molecule has 1 amide bonds. The number of hydrogen-bond acceptors (Lipinski definition) is 5. The van der Waals surface area contributed by atoms with Crippen molar-refractivity contribution in [2.45, 2.75) is 40.8 Å². The SMILES string of the molecule is CCn1ncc(NC(=S)Nc2c(C)nn(Cc3ccc(C)cc3)c2C)c1C(=O)N1CCOCC1. The smallest absolute Gasteiger partial charge is 0.274 e. The van der Waals surface area contributed by atoms with E-state index in [1.165, 1.54) is 11.1 Å². The third-order valence-electron chi connectivity index (χ3n) is 5.96. The number of carbonyl (C=O) groups is 1. The van der Waals surface area contributed by atoms with Crippen LogP contribution < -0.4 is 10.6 Å². The van der Waals surface area contributed by atoms with E-state index in [2.05, 4.69) is 52.0 Å². The van der Waals surface area contributed by atoms with Gasteiger partial charge in [0.15, 0.2) is 5.11 Å². The van der Waals surface area contributed by atoms with Crippen molar-refractivity contribution in [3.8, 4) is 0 Å². The van der Waals surface area contributed by atoms with Crippen molar-refractivity contribution in [3.05, 3.63) is 58.7 Å². The Morgan fingerprint density at radius 3 is 2.47 bits per heavy atom. The van der Waals surface area contributed by atoms with Gasteiger partial charge in [0.05, 0.1) is 48.7 Å². The maximum Gasteiger partial charge on any atom is 0.274 e. The van der Waals surface area contributed by atoms with Gasteiger partial charge in [-0.05, 0) is 45.5 Å². The predicted molar refractivity (Wildman–Crippen MR) is 136 cm³/mol. The molecule has 34 heavy (non-hydrogen) atoms. The Morgan fingerprint density at radius 2 is 1.79 bits per heavy atom. The van der Waals surface area contributed by atoms with Gasteiger partial charge >= 0.3 is 0 Å². The summed E-state index contributed by atoms with van der Waals surface area (Å²) in [4.78, 5) is 15.0. The molecular formula is C24H31N7O2S. The van der Waals surface area contributed by atoms with Crippen molar-refractivity contribution in [2.75, 3.05) is 36.9 Å². The minimum absolute atomic E-state index is 0.0776. The van der Waals surface area contributed by atoms with Gasteiger partial charge in [-0.25, -0.2) is 0 Å². The highest BCUT2D eigenvalue weighted by Crippen LogP contribution is 2.23. The summed E-state index contributed by atoms with van der Waals surface area (Å²) in [7, 11) is 0. The lowest BCUT2D eigenvalue weighted by Gasteiger charge is -2.27. The molecule has 0 saturated carbocycles. The lowest BCUT2D eigenvalue weighted by Crippen LogP contribution is -2.41. The Labute approximate surface area is 205 Å². The molecule has 0 spiro atoms. The minimum atomic E-state index is -0.0776. The zero-order chi connectivity index (χ0) is 24.2. The van der Waals surface area contributed by atoms with Crippen LogP contribution in [0.3, 0.4) is 0 Å². The van der Waals surface area contributed by atoms with Crippen molar-refractivity contribution in [1.29, 1.82) is 0 Å². The Bertz CT molecular complexity index is 1180. The van der Waals surface area contributed by atoms with Crippen LogP contribution in [0.4, 0.5) is 11.4 Å². The topological polar surface area (TPSA) is 89.2 Å². The van der Waals surface area contributed by atoms with Crippen LogP contribution in [0.2, 0.25) is 0 Å². The normalized spacial score (nSPS) is 13.7. The number of rotatable bonds is 6. The van der Waals surface area contributed by atoms with E-state index in [-0.39, 0.29) is 5.91 Å². The third kappa shape index (κ3) is 5.13. The molecule has 4 rings (SSSR count). The molecule has 10 heteroatoms. The van der Waals surface area contributed by atoms with Crippen LogP contribution in [0.5, 0.6) is 0 Å². The minimum Gasteiger partial charge on any atom is -0.378 e. The van der Waals surface area contributed by atoms with Crippen LogP contribution in [-0.4, -0.2) is 61.8 Å². The first kappa shape index (κ1) is 23.9. The number of morpholine rings is 1. The number of anilines is 2. The summed E-state index contributed by atoms with van der Waals surface area (Å²) in [5.41, 5.74) is 6.18. The molecule has 0 aliphatic carbocycles. The molecule has 1 aliphatic rings. The van der Waals surface area contributed by atoms with E-state index in [1.54, 1.807) is 15.8 Å². The van der Waals surface area contributed by atoms with E-state index < -0.39 is 0 Å². The van der Waals surface area contributed by atoms with Gasteiger partial charge in [0.2, 0.25) is 0 Å². The van der Waals surface area contributed by atoms with E-state index in [1.807, 2.05) is 25.5 Å². The zero-order valence-electron chi connectivity index (χ0n) is 20.1. The number of carbonyl (C=O) groups excluding carboxylic acids is 1. The number of hydrogen-bond donors (Lipinski definition) is 2. The largest absolute Gasteiger partial charge is 0.378 e. The molecule has 1 aliphatic heterocycles. The van der Waals surface area contributed by atoms with Gasteiger partial charge in [0.25, 0.3) is 5.91 Å². The maximum absolute atomic E-state index is 13.2. The van der Waals surface area contributed by atoms with Gasteiger partial charge in [-0.2, -0.15) is 10.2 Å². The number of benzene rings is 1. The van der Waals surface area contributed by atoms with E-state index >= 15 is 0 Å². The number of thiocarbonyl (C=S) groups is 1. The van der Waals surface area contributed by atoms with Gasteiger partial charge in [0, 0.05) is 19.6 Å². The lowest BCUT2D eigenvalue weighted by molar-refractivity contribution is 0.0295. The predicted octanol–water partition coefficient (Wildman–Crippen LogP) is 3.35. The van der Waals surface area contributed by atoms with Crippen molar-refractivity contribution in [2.24, 2.45) is 0 Å². The first-order chi connectivity index (χ1) is 16.4.